The summed E-state index contributed by atoms with van der Waals surface area (Å²) < 4.78 is 5.72. The van der Waals surface area contributed by atoms with Gasteiger partial charge in [-0.3, -0.25) is 4.79 Å². The minimum absolute atomic E-state index is 0.0717. The van der Waals surface area contributed by atoms with E-state index in [1.807, 2.05) is 42.5 Å². The standard InChI is InChI=1S/C20H24N2O2/c23-20(13-19-7-4-12-21-19)22-18-10-8-17(9-11-18)15-24-14-16-5-2-1-3-6-16/h1-3,5-6,8-11,19,21H,4,7,12-15H2,(H,22,23). The highest BCUT2D eigenvalue weighted by Gasteiger charge is 2.17. The van der Waals surface area contributed by atoms with Gasteiger partial charge in [-0.05, 0) is 42.6 Å². The number of nitrogens with one attached hydrogen (secondary N) is 2. The van der Waals surface area contributed by atoms with Crippen LogP contribution < -0.4 is 10.6 Å². The SMILES string of the molecule is O=C(CC1CCCN1)Nc1ccc(COCc2ccccc2)cc1. The molecule has 24 heavy (non-hydrogen) atoms. The van der Waals surface area contributed by atoms with Crippen molar-refractivity contribution in [2.24, 2.45) is 0 Å². The Morgan fingerprint density at radius 2 is 1.75 bits per heavy atom. The number of hydrogen-bond donors (Lipinski definition) is 2. The maximum atomic E-state index is 12.0. The number of amides is 1. The Balaban J connectivity index is 1.42. The van der Waals surface area contributed by atoms with Gasteiger partial charge in [-0.1, -0.05) is 42.5 Å². The highest BCUT2D eigenvalue weighted by Crippen LogP contribution is 2.14. The number of hydrogen-bond acceptors (Lipinski definition) is 3. The minimum atomic E-state index is 0.0717. The summed E-state index contributed by atoms with van der Waals surface area (Å²) in [6, 6.07) is 18.3. The van der Waals surface area contributed by atoms with E-state index in [1.165, 1.54) is 5.56 Å². The van der Waals surface area contributed by atoms with E-state index in [1.54, 1.807) is 0 Å². The lowest BCUT2D eigenvalue weighted by molar-refractivity contribution is -0.116. The van der Waals surface area contributed by atoms with Crippen molar-refractivity contribution in [3.63, 3.8) is 0 Å². The molecule has 1 atom stereocenters. The lowest BCUT2D eigenvalue weighted by Gasteiger charge is -2.11. The molecule has 126 valence electrons. The first kappa shape index (κ1) is 16.7. The van der Waals surface area contributed by atoms with Crippen LogP contribution in [-0.4, -0.2) is 18.5 Å². The van der Waals surface area contributed by atoms with Gasteiger partial charge in [0, 0.05) is 18.2 Å². The summed E-state index contributed by atoms with van der Waals surface area (Å²) in [6.45, 7) is 2.19. The van der Waals surface area contributed by atoms with Crippen LogP contribution in [0.5, 0.6) is 0 Å². The molecule has 1 aliphatic rings. The smallest absolute Gasteiger partial charge is 0.225 e. The molecule has 2 aromatic carbocycles. The van der Waals surface area contributed by atoms with Gasteiger partial charge in [0.15, 0.2) is 0 Å². The van der Waals surface area contributed by atoms with E-state index in [4.69, 9.17) is 4.74 Å². The summed E-state index contributed by atoms with van der Waals surface area (Å²) in [6.07, 6.45) is 2.79. The Morgan fingerprint density at radius 1 is 1.04 bits per heavy atom. The molecule has 0 spiro atoms. The van der Waals surface area contributed by atoms with Gasteiger partial charge >= 0.3 is 0 Å². The van der Waals surface area contributed by atoms with Crippen LogP contribution in [0.15, 0.2) is 54.6 Å². The monoisotopic (exact) mass is 324 g/mol. The summed E-state index contributed by atoms with van der Waals surface area (Å²) >= 11 is 0. The van der Waals surface area contributed by atoms with Crippen molar-refractivity contribution in [1.29, 1.82) is 0 Å². The maximum absolute atomic E-state index is 12.0. The molecule has 4 nitrogen and oxygen atoms in total. The van der Waals surface area contributed by atoms with Crippen molar-refractivity contribution in [1.82, 2.24) is 5.32 Å². The fourth-order valence-electron chi connectivity index (χ4n) is 2.91. The Bertz CT molecular complexity index is 634. The fourth-order valence-corrected chi connectivity index (χ4v) is 2.91. The molecule has 1 saturated heterocycles. The van der Waals surface area contributed by atoms with Crippen molar-refractivity contribution in [2.45, 2.75) is 38.5 Å². The van der Waals surface area contributed by atoms with Crippen LogP contribution in [0.4, 0.5) is 5.69 Å². The number of benzene rings is 2. The molecule has 1 aliphatic heterocycles. The largest absolute Gasteiger partial charge is 0.372 e. The minimum Gasteiger partial charge on any atom is -0.372 e. The molecule has 1 heterocycles. The summed E-state index contributed by atoms with van der Waals surface area (Å²) in [4.78, 5) is 12.0. The third-order valence-electron chi connectivity index (χ3n) is 4.21. The summed E-state index contributed by atoms with van der Waals surface area (Å²) in [5.41, 5.74) is 3.10. The fraction of sp³-hybridized carbons (Fsp3) is 0.350. The molecule has 1 unspecified atom stereocenters. The van der Waals surface area contributed by atoms with Gasteiger partial charge in [0.05, 0.1) is 13.2 Å². The zero-order valence-electron chi connectivity index (χ0n) is 13.8. The highest BCUT2D eigenvalue weighted by atomic mass is 16.5. The molecule has 0 saturated carbocycles. The third-order valence-corrected chi connectivity index (χ3v) is 4.21. The number of anilines is 1. The first-order valence-electron chi connectivity index (χ1n) is 8.53. The molecule has 1 amide bonds. The molecule has 0 aromatic heterocycles. The molecule has 0 bridgehead atoms. The van der Waals surface area contributed by atoms with Crippen molar-refractivity contribution in [2.75, 3.05) is 11.9 Å². The lowest BCUT2D eigenvalue weighted by atomic mass is 10.1. The second-order valence-corrected chi connectivity index (χ2v) is 6.22. The van der Waals surface area contributed by atoms with E-state index in [-0.39, 0.29) is 5.91 Å². The van der Waals surface area contributed by atoms with E-state index in [0.29, 0.717) is 25.7 Å². The molecular formula is C20H24N2O2. The van der Waals surface area contributed by atoms with Gasteiger partial charge in [-0.15, -0.1) is 0 Å². The summed E-state index contributed by atoms with van der Waals surface area (Å²) in [5.74, 6) is 0.0717. The average Bonchev–Trinajstić information content (AvgIpc) is 3.10. The highest BCUT2D eigenvalue weighted by molar-refractivity contribution is 5.91. The third kappa shape index (κ3) is 5.18. The zero-order chi connectivity index (χ0) is 16.6. The van der Waals surface area contributed by atoms with Gasteiger partial charge in [0.25, 0.3) is 0 Å². The van der Waals surface area contributed by atoms with Crippen LogP contribution in [0, 0.1) is 0 Å². The van der Waals surface area contributed by atoms with Crippen LogP contribution in [0.1, 0.15) is 30.4 Å². The molecule has 4 heteroatoms. The Kier molecular flexibility index (Phi) is 5.99. The Morgan fingerprint density at radius 3 is 2.42 bits per heavy atom. The quantitative estimate of drug-likeness (QED) is 0.820. The van der Waals surface area contributed by atoms with Crippen molar-refractivity contribution in [3.8, 4) is 0 Å². The van der Waals surface area contributed by atoms with Gasteiger partial charge in [0.1, 0.15) is 0 Å². The number of ether oxygens (including phenoxy) is 1. The molecule has 1 fully saturated rings. The van der Waals surface area contributed by atoms with Crippen molar-refractivity contribution < 1.29 is 9.53 Å². The van der Waals surface area contributed by atoms with Crippen molar-refractivity contribution in [3.05, 3.63) is 65.7 Å². The molecule has 2 N–H and O–H groups in total. The first-order valence-corrected chi connectivity index (χ1v) is 8.53. The van der Waals surface area contributed by atoms with Gasteiger partial charge in [-0.2, -0.15) is 0 Å². The van der Waals surface area contributed by atoms with E-state index in [2.05, 4.69) is 22.8 Å². The predicted molar refractivity (Wildman–Crippen MR) is 95.6 cm³/mol. The predicted octanol–water partition coefficient (Wildman–Crippen LogP) is 3.48. The second-order valence-electron chi connectivity index (χ2n) is 6.22. The summed E-state index contributed by atoms with van der Waals surface area (Å²) in [7, 11) is 0. The van der Waals surface area contributed by atoms with Crippen LogP contribution in [0.2, 0.25) is 0 Å². The second kappa shape index (κ2) is 8.62. The van der Waals surface area contributed by atoms with E-state index in [0.717, 1.165) is 30.6 Å². The zero-order valence-corrected chi connectivity index (χ0v) is 13.8. The molecule has 3 rings (SSSR count). The van der Waals surface area contributed by atoms with Crippen LogP contribution in [0.25, 0.3) is 0 Å². The molecule has 2 aromatic rings. The Labute approximate surface area is 143 Å². The number of carbonyl (C=O) groups excluding carboxylic acids is 1. The van der Waals surface area contributed by atoms with Crippen molar-refractivity contribution >= 4 is 11.6 Å². The van der Waals surface area contributed by atoms with E-state index < -0.39 is 0 Å². The van der Waals surface area contributed by atoms with E-state index >= 15 is 0 Å². The topological polar surface area (TPSA) is 50.4 Å². The molecule has 0 radical (unpaired) electrons. The van der Waals surface area contributed by atoms with Crippen LogP contribution >= 0.6 is 0 Å². The van der Waals surface area contributed by atoms with Crippen LogP contribution in [0.3, 0.4) is 0 Å². The molecule has 0 aliphatic carbocycles. The normalized spacial score (nSPS) is 16.9. The van der Waals surface area contributed by atoms with Gasteiger partial charge in [0.2, 0.25) is 5.91 Å². The first-order chi connectivity index (χ1) is 11.8. The van der Waals surface area contributed by atoms with Gasteiger partial charge < -0.3 is 15.4 Å². The Hall–Kier alpha value is -2.17. The number of carbonyl (C=O) groups is 1. The van der Waals surface area contributed by atoms with Gasteiger partial charge in [-0.25, -0.2) is 0 Å². The number of rotatable bonds is 7. The summed E-state index contributed by atoms with van der Waals surface area (Å²) in [5, 5.41) is 6.30. The van der Waals surface area contributed by atoms with Crippen LogP contribution in [-0.2, 0) is 22.7 Å². The average molecular weight is 324 g/mol. The lowest BCUT2D eigenvalue weighted by Crippen LogP contribution is -2.27. The maximum Gasteiger partial charge on any atom is 0.225 e. The van der Waals surface area contributed by atoms with E-state index in [9.17, 15) is 4.79 Å². The molecular weight excluding hydrogens is 300 g/mol.